The third-order valence-corrected chi connectivity index (χ3v) is 5.15. The molecular weight excluding hydrogens is 348 g/mol. The van der Waals surface area contributed by atoms with Gasteiger partial charge in [-0.05, 0) is 66.6 Å². The SMILES string of the molecule is COc1cc(/C=C2\SC(=Nc3cc(C)ccc3C)N(C)C2=O)ccc1O. The van der Waals surface area contributed by atoms with Gasteiger partial charge in [0.15, 0.2) is 16.7 Å². The summed E-state index contributed by atoms with van der Waals surface area (Å²) in [5, 5.41) is 10.3. The van der Waals surface area contributed by atoms with E-state index in [1.165, 1.54) is 18.9 Å². The van der Waals surface area contributed by atoms with E-state index in [4.69, 9.17) is 4.74 Å². The Morgan fingerprint density at radius 3 is 2.69 bits per heavy atom. The van der Waals surface area contributed by atoms with Crippen LogP contribution in [-0.4, -0.2) is 35.2 Å². The number of amides is 1. The Kier molecular flexibility index (Phi) is 5.04. The highest BCUT2D eigenvalue weighted by molar-refractivity contribution is 8.18. The number of hydrogen-bond donors (Lipinski definition) is 1. The maximum atomic E-state index is 12.6. The highest BCUT2D eigenvalue weighted by Crippen LogP contribution is 2.35. The zero-order chi connectivity index (χ0) is 18.8. The molecule has 26 heavy (non-hydrogen) atoms. The summed E-state index contributed by atoms with van der Waals surface area (Å²) in [6.07, 6.45) is 1.77. The normalized spacial score (nSPS) is 17.4. The molecule has 0 aromatic heterocycles. The van der Waals surface area contributed by atoms with Crippen molar-refractivity contribution in [3.05, 3.63) is 58.0 Å². The molecule has 1 saturated heterocycles. The van der Waals surface area contributed by atoms with Crippen LogP contribution in [0.1, 0.15) is 16.7 Å². The van der Waals surface area contributed by atoms with Gasteiger partial charge in [0.25, 0.3) is 5.91 Å². The lowest BCUT2D eigenvalue weighted by Crippen LogP contribution is -2.23. The second-order valence-electron chi connectivity index (χ2n) is 6.09. The number of carbonyl (C=O) groups excluding carboxylic acids is 1. The summed E-state index contributed by atoms with van der Waals surface area (Å²) in [5.41, 5.74) is 3.82. The fraction of sp³-hybridized carbons (Fsp3) is 0.200. The van der Waals surface area contributed by atoms with Gasteiger partial charge >= 0.3 is 0 Å². The molecule has 1 N–H and O–H groups in total. The number of aliphatic imine (C=N–C) groups is 1. The van der Waals surface area contributed by atoms with Crippen LogP contribution in [0.5, 0.6) is 11.5 Å². The summed E-state index contributed by atoms with van der Waals surface area (Å²) in [6.45, 7) is 4.02. The summed E-state index contributed by atoms with van der Waals surface area (Å²) in [7, 11) is 3.21. The standard InChI is InChI=1S/C20H20N2O3S/c1-12-5-6-13(2)15(9-12)21-20-22(3)19(24)18(26-20)11-14-7-8-16(23)17(10-14)25-4/h5-11,23H,1-4H3/b18-11-,21-20?. The van der Waals surface area contributed by atoms with Gasteiger partial charge in [0.2, 0.25) is 0 Å². The van der Waals surface area contributed by atoms with Crippen molar-refractivity contribution in [1.82, 2.24) is 4.90 Å². The molecular formula is C20H20N2O3S. The minimum Gasteiger partial charge on any atom is -0.504 e. The average molecular weight is 368 g/mol. The number of carbonyl (C=O) groups is 1. The van der Waals surface area contributed by atoms with E-state index >= 15 is 0 Å². The summed E-state index contributed by atoms with van der Waals surface area (Å²) in [5.74, 6) is 0.327. The lowest BCUT2D eigenvalue weighted by molar-refractivity contribution is -0.121. The molecule has 2 aromatic carbocycles. The van der Waals surface area contributed by atoms with E-state index in [1.807, 2.05) is 32.0 Å². The highest BCUT2D eigenvalue weighted by atomic mass is 32.2. The molecule has 6 heteroatoms. The Morgan fingerprint density at radius 2 is 1.96 bits per heavy atom. The molecule has 0 radical (unpaired) electrons. The van der Waals surface area contributed by atoms with Gasteiger partial charge < -0.3 is 9.84 Å². The molecule has 1 aliphatic rings. The summed E-state index contributed by atoms with van der Waals surface area (Å²) >= 11 is 1.33. The first-order valence-electron chi connectivity index (χ1n) is 8.09. The van der Waals surface area contributed by atoms with Crippen LogP contribution in [0.25, 0.3) is 6.08 Å². The van der Waals surface area contributed by atoms with E-state index in [9.17, 15) is 9.90 Å². The van der Waals surface area contributed by atoms with Crippen LogP contribution in [0.3, 0.4) is 0 Å². The predicted octanol–water partition coefficient (Wildman–Crippen LogP) is 4.25. The minimum atomic E-state index is -0.105. The van der Waals surface area contributed by atoms with Crippen molar-refractivity contribution >= 4 is 34.6 Å². The second kappa shape index (κ2) is 7.25. The molecule has 0 unspecified atom stereocenters. The van der Waals surface area contributed by atoms with Crippen molar-refractivity contribution in [1.29, 1.82) is 0 Å². The quantitative estimate of drug-likeness (QED) is 0.823. The number of benzene rings is 2. The monoisotopic (exact) mass is 368 g/mol. The number of phenolic OH excluding ortho intramolecular Hbond substituents is 1. The van der Waals surface area contributed by atoms with Crippen molar-refractivity contribution in [3.8, 4) is 11.5 Å². The summed E-state index contributed by atoms with van der Waals surface area (Å²) in [6, 6.07) is 11.0. The molecule has 0 saturated carbocycles. The van der Waals surface area contributed by atoms with E-state index in [2.05, 4.69) is 4.99 Å². The molecule has 0 aliphatic carbocycles. The van der Waals surface area contributed by atoms with Gasteiger partial charge in [-0.3, -0.25) is 9.69 Å². The number of likely N-dealkylation sites (N-methyl/N-ethyl adjacent to an activating group) is 1. The van der Waals surface area contributed by atoms with E-state index in [1.54, 1.807) is 36.2 Å². The average Bonchev–Trinajstić information content (AvgIpc) is 2.87. The van der Waals surface area contributed by atoms with Gasteiger partial charge in [0.05, 0.1) is 17.7 Å². The van der Waals surface area contributed by atoms with Gasteiger partial charge in [-0.25, -0.2) is 4.99 Å². The Labute approximate surface area is 157 Å². The van der Waals surface area contributed by atoms with Crippen molar-refractivity contribution in [2.75, 3.05) is 14.2 Å². The number of rotatable bonds is 3. The predicted molar refractivity (Wildman–Crippen MR) is 106 cm³/mol. The van der Waals surface area contributed by atoms with E-state index in [0.717, 1.165) is 22.4 Å². The van der Waals surface area contributed by atoms with Crippen LogP contribution in [-0.2, 0) is 4.79 Å². The molecule has 1 aliphatic heterocycles. The molecule has 1 fully saturated rings. The fourth-order valence-electron chi connectivity index (χ4n) is 2.53. The van der Waals surface area contributed by atoms with Crippen molar-refractivity contribution < 1.29 is 14.6 Å². The van der Waals surface area contributed by atoms with E-state index in [0.29, 0.717) is 15.8 Å². The molecule has 1 heterocycles. The van der Waals surface area contributed by atoms with E-state index < -0.39 is 0 Å². The largest absolute Gasteiger partial charge is 0.504 e. The van der Waals surface area contributed by atoms with Crippen LogP contribution in [0.4, 0.5) is 5.69 Å². The maximum absolute atomic E-state index is 12.6. The van der Waals surface area contributed by atoms with Gasteiger partial charge in [0.1, 0.15) is 0 Å². The molecule has 1 amide bonds. The summed E-state index contributed by atoms with van der Waals surface area (Å²) < 4.78 is 5.12. The number of aromatic hydroxyl groups is 1. The third kappa shape index (κ3) is 3.60. The first-order valence-corrected chi connectivity index (χ1v) is 8.91. The number of amidine groups is 1. The highest BCUT2D eigenvalue weighted by Gasteiger charge is 2.30. The second-order valence-corrected chi connectivity index (χ2v) is 7.10. The zero-order valence-corrected chi connectivity index (χ0v) is 15.9. The minimum absolute atomic E-state index is 0.0642. The smallest absolute Gasteiger partial charge is 0.266 e. The number of phenols is 1. The summed E-state index contributed by atoms with van der Waals surface area (Å²) in [4.78, 5) is 19.4. The first-order chi connectivity index (χ1) is 12.4. The van der Waals surface area contributed by atoms with Crippen LogP contribution >= 0.6 is 11.8 Å². The molecule has 0 spiro atoms. The van der Waals surface area contributed by atoms with Crippen LogP contribution in [0.2, 0.25) is 0 Å². The van der Waals surface area contributed by atoms with Gasteiger partial charge in [-0.1, -0.05) is 18.2 Å². The van der Waals surface area contributed by atoms with Gasteiger partial charge in [-0.15, -0.1) is 0 Å². The Balaban J connectivity index is 1.94. The Bertz CT molecular complexity index is 935. The molecule has 134 valence electrons. The van der Waals surface area contributed by atoms with Crippen LogP contribution in [0.15, 0.2) is 46.3 Å². The number of ether oxygens (including phenoxy) is 1. The van der Waals surface area contributed by atoms with Crippen LogP contribution in [0, 0.1) is 13.8 Å². The van der Waals surface area contributed by atoms with Gasteiger partial charge in [0, 0.05) is 7.05 Å². The van der Waals surface area contributed by atoms with Crippen molar-refractivity contribution in [2.24, 2.45) is 4.99 Å². The van der Waals surface area contributed by atoms with E-state index in [-0.39, 0.29) is 11.7 Å². The van der Waals surface area contributed by atoms with Gasteiger partial charge in [-0.2, -0.15) is 0 Å². The number of aryl methyl sites for hydroxylation is 2. The number of hydrogen-bond acceptors (Lipinski definition) is 5. The molecule has 2 aromatic rings. The first kappa shape index (κ1) is 18.1. The lowest BCUT2D eigenvalue weighted by atomic mass is 10.1. The lowest BCUT2D eigenvalue weighted by Gasteiger charge is -2.08. The molecule has 3 rings (SSSR count). The molecule has 5 nitrogen and oxygen atoms in total. The fourth-order valence-corrected chi connectivity index (χ4v) is 3.51. The topological polar surface area (TPSA) is 62.1 Å². The number of methoxy groups -OCH3 is 1. The zero-order valence-electron chi connectivity index (χ0n) is 15.1. The number of thioether (sulfide) groups is 1. The number of nitrogens with zero attached hydrogens (tertiary/aromatic N) is 2. The van der Waals surface area contributed by atoms with Crippen molar-refractivity contribution in [2.45, 2.75) is 13.8 Å². The maximum Gasteiger partial charge on any atom is 0.266 e. The Morgan fingerprint density at radius 1 is 1.19 bits per heavy atom. The third-order valence-electron chi connectivity index (χ3n) is 4.09. The van der Waals surface area contributed by atoms with Crippen molar-refractivity contribution in [3.63, 3.8) is 0 Å². The van der Waals surface area contributed by atoms with Crippen LogP contribution < -0.4 is 4.74 Å². The molecule has 0 bridgehead atoms. The molecule has 0 atom stereocenters. The Hall–Kier alpha value is -2.73.